The maximum absolute atomic E-state index is 13.0. The number of benzene rings is 3. The molecule has 2 amide bonds. The molecule has 4 rings (SSSR count). The van der Waals surface area contributed by atoms with E-state index in [-0.39, 0.29) is 11.8 Å². The van der Waals surface area contributed by atoms with Crippen molar-refractivity contribution in [1.82, 2.24) is 10.7 Å². The Morgan fingerprint density at radius 3 is 2.26 bits per heavy atom. The van der Waals surface area contributed by atoms with Crippen molar-refractivity contribution in [3.8, 4) is 11.5 Å². The van der Waals surface area contributed by atoms with Crippen molar-refractivity contribution < 1.29 is 23.7 Å². The number of nitrogens with zero attached hydrogens (tertiary/aromatic N) is 1. The number of hydrogen-bond acceptors (Lipinski definition) is 4. The smallest absolute Gasteiger partial charge is 0.304 e. The van der Waals surface area contributed by atoms with Crippen LogP contribution in [0.5, 0.6) is 11.5 Å². The van der Waals surface area contributed by atoms with E-state index >= 15 is 0 Å². The largest absolute Gasteiger partial charge is 0.497 e. The lowest BCUT2D eigenvalue weighted by Crippen LogP contribution is -2.42. The molecule has 0 unspecified atom stereocenters. The second kappa shape index (κ2) is 10.2. The number of carbonyl (C=O) groups excluding carboxylic acids is 2. The number of aryl methyl sites for hydroxylation is 1. The minimum atomic E-state index is -0.791. The summed E-state index contributed by atoms with van der Waals surface area (Å²) < 4.78 is 12.5. The summed E-state index contributed by atoms with van der Waals surface area (Å²) in [5.41, 5.74) is 6.19. The van der Waals surface area contributed by atoms with Crippen LogP contribution in [0.1, 0.15) is 40.0 Å². The molecule has 0 bridgehead atoms. The van der Waals surface area contributed by atoms with Crippen molar-refractivity contribution in [2.75, 3.05) is 13.7 Å². The number of hydrazine groups is 1. The van der Waals surface area contributed by atoms with Gasteiger partial charge >= 0.3 is 5.91 Å². The van der Waals surface area contributed by atoms with Crippen molar-refractivity contribution in [2.24, 2.45) is 0 Å². The molecule has 2 N–H and O–H groups in total. The van der Waals surface area contributed by atoms with Gasteiger partial charge in [0, 0.05) is 16.7 Å². The predicted octanol–water partition coefficient (Wildman–Crippen LogP) is 3.42. The van der Waals surface area contributed by atoms with E-state index in [1.807, 2.05) is 80.7 Å². The molecule has 0 spiro atoms. The van der Waals surface area contributed by atoms with Crippen molar-refractivity contribution >= 4 is 18.0 Å². The number of methoxy groups -OCH3 is 1. The maximum Gasteiger partial charge on any atom is 0.304 e. The summed E-state index contributed by atoms with van der Waals surface area (Å²) in [5.74, 6) is 0.897. The van der Waals surface area contributed by atoms with Crippen LogP contribution in [0.3, 0.4) is 0 Å². The summed E-state index contributed by atoms with van der Waals surface area (Å²) in [6.07, 6.45) is 1.85. The number of ether oxygens (including phenoxy) is 2. The van der Waals surface area contributed by atoms with Crippen molar-refractivity contribution in [1.29, 1.82) is 0 Å². The molecule has 1 heterocycles. The summed E-state index contributed by atoms with van der Waals surface area (Å²) in [4.78, 5) is 26.0. The summed E-state index contributed by atoms with van der Waals surface area (Å²) in [5, 5.41) is 2.92. The normalized spacial score (nSPS) is 18.4. The van der Waals surface area contributed by atoms with Crippen LogP contribution in [0, 0.1) is 6.92 Å². The molecule has 7 heteroatoms. The van der Waals surface area contributed by atoms with Crippen LogP contribution in [0.2, 0.25) is 0 Å². The van der Waals surface area contributed by atoms with Crippen LogP contribution in [0.15, 0.2) is 72.8 Å². The minimum absolute atomic E-state index is 0.288. The Morgan fingerprint density at radius 1 is 1.00 bits per heavy atom. The fraction of sp³-hybridized carbons (Fsp3) is 0.222. The van der Waals surface area contributed by atoms with Crippen molar-refractivity contribution in [3.63, 3.8) is 0 Å². The van der Waals surface area contributed by atoms with E-state index in [9.17, 15) is 9.59 Å². The molecular weight excluding hydrogens is 430 g/mol. The van der Waals surface area contributed by atoms with Gasteiger partial charge in [-0.25, -0.2) is 0 Å². The number of hydrazone groups is 1. The van der Waals surface area contributed by atoms with Crippen LogP contribution in [-0.2, 0) is 4.79 Å². The van der Waals surface area contributed by atoms with E-state index in [1.165, 1.54) is 0 Å². The summed E-state index contributed by atoms with van der Waals surface area (Å²) in [6.45, 7) is 4.48. The Labute approximate surface area is 199 Å². The third kappa shape index (κ3) is 5.09. The monoisotopic (exact) mass is 458 g/mol. The Hall–Kier alpha value is -4.13. The van der Waals surface area contributed by atoms with Gasteiger partial charge in [0.15, 0.2) is 6.04 Å². The summed E-state index contributed by atoms with van der Waals surface area (Å²) >= 11 is 0. The third-order valence-corrected chi connectivity index (χ3v) is 5.67. The molecule has 0 radical (unpaired) electrons. The molecule has 0 aromatic heterocycles. The first-order valence-electron chi connectivity index (χ1n) is 11.2. The number of amides is 2. The number of hydrogen-bond donors (Lipinski definition) is 2. The van der Waals surface area contributed by atoms with Crippen molar-refractivity contribution in [2.45, 2.75) is 25.9 Å². The van der Waals surface area contributed by atoms with Gasteiger partial charge in [-0.3, -0.25) is 9.59 Å². The molecule has 7 nitrogen and oxygen atoms in total. The van der Waals surface area contributed by atoms with Crippen LogP contribution in [0.25, 0.3) is 0 Å². The highest BCUT2D eigenvalue weighted by molar-refractivity contribution is 5.98. The molecule has 1 aliphatic rings. The Morgan fingerprint density at radius 2 is 1.65 bits per heavy atom. The summed E-state index contributed by atoms with van der Waals surface area (Å²) in [6, 6.07) is 21.1. The highest BCUT2D eigenvalue weighted by Gasteiger charge is 2.47. The van der Waals surface area contributed by atoms with Gasteiger partial charge in [-0.1, -0.05) is 17.7 Å². The van der Waals surface area contributed by atoms with Gasteiger partial charge in [-0.2, -0.15) is 0 Å². The highest BCUT2D eigenvalue weighted by atomic mass is 16.5. The first-order chi connectivity index (χ1) is 16.5. The lowest BCUT2D eigenvalue weighted by Gasteiger charge is -2.15. The zero-order valence-electron chi connectivity index (χ0n) is 19.4. The fourth-order valence-corrected chi connectivity index (χ4v) is 3.89. The lowest BCUT2D eigenvalue weighted by molar-refractivity contribution is -0.596. The van der Waals surface area contributed by atoms with Gasteiger partial charge in [-0.05, 0) is 74.5 Å². The molecule has 0 saturated carbocycles. The first kappa shape index (κ1) is 23.0. The number of rotatable bonds is 7. The lowest BCUT2D eigenvalue weighted by atomic mass is 9.99. The van der Waals surface area contributed by atoms with Gasteiger partial charge in [0.2, 0.25) is 12.3 Å². The van der Waals surface area contributed by atoms with Gasteiger partial charge in [-0.15, -0.1) is 10.1 Å². The summed E-state index contributed by atoms with van der Waals surface area (Å²) in [7, 11) is 1.60. The van der Waals surface area contributed by atoms with Crippen LogP contribution in [0.4, 0.5) is 0 Å². The van der Waals surface area contributed by atoms with E-state index < -0.39 is 12.1 Å². The van der Waals surface area contributed by atoms with Gasteiger partial charge < -0.3 is 14.8 Å². The van der Waals surface area contributed by atoms with E-state index in [1.54, 1.807) is 23.9 Å². The maximum atomic E-state index is 13.0. The first-order valence-corrected chi connectivity index (χ1v) is 11.2. The zero-order chi connectivity index (χ0) is 24.1. The topological polar surface area (TPSA) is 79.7 Å². The molecule has 174 valence electrons. The highest BCUT2D eigenvalue weighted by Crippen LogP contribution is 2.27. The van der Waals surface area contributed by atoms with E-state index in [0.717, 1.165) is 22.4 Å². The molecule has 1 aliphatic heterocycles. The Balaban J connectivity index is 1.67. The van der Waals surface area contributed by atoms with E-state index in [2.05, 4.69) is 10.7 Å². The number of nitrogens with one attached hydrogen (secondary N) is 2. The SMILES string of the molecule is CCOc1ccc(/C=[N+]2\NC(=O)[C@@H](NC(=O)c3ccc(C)cc3)[C@H]2c2ccc(OC)cc2)cc1. The van der Waals surface area contributed by atoms with Gasteiger partial charge in [0.25, 0.3) is 5.91 Å². The van der Waals surface area contributed by atoms with Gasteiger partial charge in [0.1, 0.15) is 11.5 Å². The quantitative estimate of drug-likeness (QED) is 0.532. The van der Waals surface area contributed by atoms with E-state index in [4.69, 9.17) is 9.47 Å². The van der Waals surface area contributed by atoms with Gasteiger partial charge in [0.05, 0.1) is 13.7 Å². The second-order valence-corrected chi connectivity index (χ2v) is 8.05. The minimum Gasteiger partial charge on any atom is -0.497 e. The zero-order valence-corrected chi connectivity index (χ0v) is 19.4. The molecular formula is C27H28N3O4+. The average Bonchev–Trinajstić information content (AvgIpc) is 3.15. The Bertz CT molecular complexity index is 1190. The third-order valence-electron chi connectivity index (χ3n) is 5.67. The Kier molecular flexibility index (Phi) is 6.92. The molecule has 34 heavy (non-hydrogen) atoms. The number of carbonyl (C=O) groups is 2. The molecule has 3 aromatic rings. The standard InChI is InChI=1S/C27H27N3O4/c1-4-34-23-13-7-19(8-14-23)17-30-25(20-11-15-22(33-3)16-12-20)24(27(32)29-30)28-26(31)21-9-5-18(2)6-10-21/h5-17,24-25H,4H2,1-3H3,(H-,28,29,31,32)/p+1/b30-17-/t24-,25+/m0/s1. The predicted molar refractivity (Wildman–Crippen MR) is 129 cm³/mol. The van der Waals surface area contributed by atoms with Crippen LogP contribution in [-0.4, -0.2) is 42.5 Å². The van der Waals surface area contributed by atoms with Crippen LogP contribution < -0.4 is 20.2 Å². The molecule has 1 saturated heterocycles. The average molecular weight is 459 g/mol. The second-order valence-electron chi connectivity index (χ2n) is 8.05. The van der Waals surface area contributed by atoms with Crippen LogP contribution >= 0.6 is 0 Å². The van der Waals surface area contributed by atoms with Crippen molar-refractivity contribution in [3.05, 3.63) is 95.1 Å². The molecule has 1 fully saturated rings. The molecule has 2 atom stereocenters. The van der Waals surface area contributed by atoms with E-state index in [0.29, 0.717) is 17.9 Å². The molecule has 0 aliphatic carbocycles. The fourth-order valence-electron chi connectivity index (χ4n) is 3.89. The molecule has 3 aromatic carbocycles.